The van der Waals surface area contributed by atoms with E-state index in [1.54, 1.807) is 13.0 Å². The molecule has 0 aliphatic heterocycles. The zero-order valence-electron chi connectivity index (χ0n) is 10.1. The number of rotatable bonds is 4. The average molecular weight is 233 g/mol. The first-order chi connectivity index (χ1) is 8.20. The fourth-order valence-electron chi connectivity index (χ4n) is 1.67. The number of anilines is 1. The van der Waals surface area contributed by atoms with Gasteiger partial charge in [-0.25, -0.2) is 4.39 Å². The van der Waals surface area contributed by atoms with Crippen molar-refractivity contribution in [2.75, 3.05) is 5.32 Å². The highest BCUT2D eigenvalue weighted by molar-refractivity contribution is 5.51. The fraction of sp³-hybridized carbons (Fsp3) is 0.308. The van der Waals surface area contributed by atoms with E-state index in [-0.39, 0.29) is 5.82 Å². The Labute approximate surface area is 100 Å². The van der Waals surface area contributed by atoms with Crippen molar-refractivity contribution < 1.29 is 4.39 Å². The first-order valence-corrected chi connectivity index (χ1v) is 5.71. The van der Waals surface area contributed by atoms with Gasteiger partial charge in [0.1, 0.15) is 5.82 Å². The molecule has 0 saturated heterocycles. The Hall–Kier alpha value is -1.84. The van der Waals surface area contributed by atoms with E-state index in [1.807, 2.05) is 30.1 Å². The molecule has 90 valence electrons. The summed E-state index contributed by atoms with van der Waals surface area (Å²) in [5, 5.41) is 7.40. The van der Waals surface area contributed by atoms with Gasteiger partial charge in [-0.2, -0.15) is 5.10 Å². The van der Waals surface area contributed by atoms with Crippen LogP contribution in [0.2, 0.25) is 0 Å². The summed E-state index contributed by atoms with van der Waals surface area (Å²) in [7, 11) is 0. The molecular weight excluding hydrogens is 217 g/mol. The van der Waals surface area contributed by atoms with E-state index in [0.29, 0.717) is 12.1 Å². The minimum Gasteiger partial charge on any atom is -0.381 e. The van der Waals surface area contributed by atoms with Crippen LogP contribution >= 0.6 is 0 Å². The number of halogens is 1. The van der Waals surface area contributed by atoms with Gasteiger partial charge < -0.3 is 5.32 Å². The van der Waals surface area contributed by atoms with Gasteiger partial charge in [-0.1, -0.05) is 6.07 Å². The number of hydrogen-bond donors (Lipinski definition) is 1. The molecular formula is C13H16FN3. The first-order valence-electron chi connectivity index (χ1n) is 5.71. The number of benzene rings is 1. The standard InChI is InChI=1S/C13H16FN3/c1-3-17-9-11(8-16-17)7-15-13-6-4-5-12(14)10(13)2/h4-6,8-9,15H,3,7H2,1-2H3. The van der Waals surface area contributed by atoms with Gasteiger partial charge in [0.2, 0.25) is 0 Å². The topological polar surface area (TPSA) is 29.9 Å². The van der Waals surface area contributed by atoms with Crippen LogP contribution in [-0.2, 0) is 13.1 Å². The highest BCUT2D eigenvalue weighted by atomic mass is 19.1. The third kappa shape index (κ3) is 2.64. The monoisotopic (exact) mass is 233 g/mol. The van der Waals surface area contributed by atoms with Crippen molar-refractivity contribution in [3.05, 3.63) is 47.5 Å². The highest BCUT2D eigenvalue weighted by Gasteiger charge is 2.03. The van der Waals surface area contributed by atoms with E-state index < -0.39 is 0 Å². The van der Waals surface area contributed by atoms with Crippen LogP contribution in [0.25, 0.3) is 0 Å². The molecule has 2 rings (SSSR count). The minimum atomic E-state index is -0.181. The van der Waals surface area contributed by atoms with E-state index in [9.17, 15) is 4.39 Å². The van der Waals surface area contributed by atoms with Gasteiger partial charge >= 0.3 is 0 Å². The van der Waals surface area contributed by atoms with Gasteiger partial charge in [0.05, 0.1) is 6.20 Å². The maximum atomic E-state index is 13.3. The number of aryl methyl sites for hydroxylation is 1. The molecule has 0 amide bonds. The maximum Gasteiger partial charge on any atom is 0.128 e. The van der Waals surface area contributed by atoms with Gasteiger partial charge in [0.15, 0.2) is 0 Å². The van der Waals surface area contributed by atoms with Gasteiger partial charge in [0, 0.05) is 36.1 Å². The first kappa shape index (κ1) is 11.6. The summed E-state index contributed by atoms with van der Waals surface area (Å²) in [5.41, 5.74) is 2.57. The summed E-state index contributed by atoms with van der Waals surface area (Å²) in [5.74, 6) is -0.181. The Morgan fingerprint density at radius 2 is 2.24 bits per heavy atom. The lowest BCUT2D eigenvalue weighted by atomic mass is 10.2. The Balaban J connectivity index is 2.04. The summed E-state index contributed by atoms with van der Waals surface area (Å²) in [6.07, 6.45) is 3.81. The van der Waals surface area contributed by atoms with Gasteiger partial charge in [-0.15, -0.1) is 0 Å². The number of hydrogen-bond acceptors (Lipinski definition) is 2. The van der Waals surface area contributed by atoms with Crippen molar-refractivity contribution in [3.8, 4) is 0 Å². The molecule has 1 aromatic carbocycles. The molecule has 0 bridgehead atoms. The number of nitrogens with zero attached hydrogens (tertiary/aromatic N) is 2. The maximum absolute atomic E-state index is 13.3. The van der Waals surface area contributed by atoms with Gasteiger partial charge in [-0.3, -0.25) is 4.68 Å². The van der Waals surface area contributed by atoms with Crippen LogP contribution in [0.5, 0.6) is 0 Å². The molecule has 0 spiro atoms. The Kier molecular flexibility index (Phi) is 3.42. The summed E-state index contributed by atoms with van der Waals surface area (Å²) in [6, 6.07) is 5.05. The van der Waals surface area contributed by atoms with Gasteiger partial charge in [-0.05, 0) is 26.0 Å². The van der Waals surface area contributed by atoms with E-state index in [4.69, 9.17) is 0 Å². The van der Waals surface area contributed by atoms with Crippen LogP contribution < -0.4 is 5.32 Å². The number of nitrogens with one attached hydrogen (secondary N) is 1. The Morgan fingerprint density at radius 1 is 1.41 bits per heavy atom. The van der Waals surface area contributed by atoms with E-state index in [1.165, 1.54) is 6.07 Å². The lowest BCUT2D eigenvalue weighted by Crippen LogP contribution is -2.01. The lowest BCUT2D eigenvalue weighted by molar-refractivity contribution is 0.619. The third-order valence-corrected chi connectivity index (χ3v) is 2.76. The second kappa shape index (κ2) is 4.99. The van der Waals surface area contributed by atoms with Crippen molar-refractivity contribution in [2.24, 2.45) is 0 Å². The summed E-state index contributed by atoms with van der Waals surface area (Å²) < 4.78 is 15.2. The fourth-order valence-corrected chi connectivity index (χ4v) is 1.67. The van der Waals surface area contributed by atoms with E-state index in [0.717, 1.165) is 17.8 Å². The average Bonchev–Trinajstić information content (AvgIpc) is 2.79. The second-order valence-corrected chi connectivity index (χ2v) is 3.97. The molecule has 1 heterocycles. The van der Waals surface area contributed by atoms with E-state index >= 15 is 0 Å². The molecule has 0 aliphatic rings. The predicted molar refractivity (Wildman–Crippen MR) is 66.4 cm³/mol. The molecule has 1 aromatic heterocycles. The molecule has 1 N–H and O–H groups in total. The Morgan fingerprint density at radius 3 is 2.94 bits per heavy atom. The summed E-state index contributed by atoms with van der Waals surface area (Å²) in [4.78, 5) is 0. The lowest BCUT2D eigenvalue weighted by Gasteiger charge is -2.08. The SMILES string of the molecule is CCn1cc(CNc2cccc(F)c2C)cn1. The quantitative estimate of drug-likeness (QED) is 0.879. The number of aromatic nitrogens is 2. The molecule has 0 fully saturated rings. The Bertz CT molecular complexity index is 505. The normalized spacial score (nSPS) is 10.5. The minimum absolute atomic E-state index is 0.181. The molecule has 4 heteroatoms. The van der Waals surface area contributed by atoms with Crippen LogP contribution in [0.1, 0.15) is 18.1 Å². The smallest absolute Gasteiger partial charge is 0.128 e. The zero-order chi connectivity index (χ0) is 12.3. The predicted octanol–water partition coefficient (Wildman–Crippen LogP) is 2.96. The van der Waals surface area contributed by atoms with Crippen molar-refractivity contribution >= 4 is 5.69 Å². The molecule has 3 nitrogen and oxygen atoms in total. The van der Waals surface area contributed by atoms with Crippen molar-refractivity contribution in [3.63, 3.8) is 0 Å². The summed E-state index contributed by atoms with van der Waals surface area (Å²) >= 11 is 0. The zero-order valence-corrected chi connectivity index (χ0v) is 10.1. The molecule has 17 heavy (non-hydrogen) atoms. The largest absolute Gasteiger partial charge is 0.381 e. The molecule has 0 radical (unpaired) electrons. The molecule has 2 aromatic rings. The third-order valence-electron chi connectivity index (χ3n) is 2.76. The van der Waals surface area contributed by atoms with Crippen molar-refractivity contribution in [2.45, 2.75) is 26.9 Å². The van der Waals surface area contributed by atoms with Crippen LogP contribution in [0.15, 0.2) is 30.6 Å². The summed E-state index contributed by atoms with van der Waals surface area (Å²) in [6.45, 7) is 5.33. The van der Waals surface area contributed by atoms with Crippen LogP contribution in [0.4, 0.5) is 10.1 Å². The molecule has 0 saturated carbocycles. The second-order valence-electron chi connectivity index (χ2n) is 3.97. The van der Waals surface area contributed by atoms with Crippen LogP contribution in [0.3, 0.4) is 0 Å². The highest BCUT2D eigenvalue weighted by Crippen LogP contribution is 2.18. The van der Waals surface area contributed by atoms with E-state index in [2.05, 4.69) is 10.4 Å². The van der Waals surface area contributed by atoms with Crippen LogP contribution in [0, 0.1) is 12.7 Å². The molecule has 0 unspecified atom stereocenters. The molecule has 0 aliphatic carbocycles. The molecule has 0 atom stereocenters. The van der Waals surface area contributed by atoms with Gasteiger partial charge in [0.25, 0.3) is 0 Å². The van der Waals surface area contributed by atoms with Crippen molar-refractivity contribution in [1.82, 2.24) is 9.78 Å². The van der Waals surface area contributed by atoms with Crippen LogP contribution in [-0.4, -0.2) is 9.78 Å². The van der Waals surface area contributed by atoms with Crippen molar-refractivity contribution in [1.29, 1.82) is 0 Å².